The molecule has 5 heteroatoms. The molecule has 0 fully saturated rings. The Morgan fingerprint density at radius 2 is 0.875 bits per heavy atom. The van der Waals surface area contributed by atoms with Gasteiger partial charge in [-0.2, -0.15) is 0 Å². The molecule has 0 unspecified atom stereocenters. The van der Waals surface area contributed by atoms with Crippen LogP contribution in [0.25, 0.3) is 78.4 Å². The minimum atomic E-state index is 0.615. The molecule has 0 aliphatic rings. The highest BCUT2D eigenvalue weighted by Gasteiger charge is 2.16. The van der Waals surface area contributed by atoms with Gasteiger partial charge in [-0.25, -0.2) is 24.9 Å². The van der Waals surface area contributed by atoms with E-state index in [1.165, 1.54) is 10.8 Å². The predicted molar refractivity (Wildman–Crippen MR) is 195 cm³/mol. The quantitative estimate of drug-likeness (QED) is 0.186. The molecule has 5 nitrogen and oxygen atoms in total. The number of aryl methyl sites for hydroxylation is 2. The molecule has 0 N–H and O–H groups in total. The molecule has 0 spiro atoms. The van der Waals surface area contributed by atoms with Crippen molar-refractivity contribution in [2.24, 2.45) is 0 Å². The van der Waals surface area contributed by atoms with Gasteiger partial charge in [-0.15, -0.1) is 0 Å². The maximum atomic E-state index is 5.08. The summed E-state index contributed by atoms with van der Waals surface area (Å²) in [5.41, 5.74) is 10.0. The van der Waals surface area contributed by atoms with Crippen molar-refractivity contribution in [3.05, 3.63) is 163 Å². The summed E-state index contributed by atoms with van der Waals surface area (Å²) in [5, 5.41) is 2.38. The third-order valence-corrected chi connectivity index (χ3v) is 8.45. The summed E-state index contributed by atoms with van der Waals surface area (Å²) in [6, 6.07) is 52.4. The molecule has 0 bridgehead atoms. The van der Waals surface area contributed by atoms with Gasteiger partial charge < -0.3 is 0 Å². The molecule has 0 atom stereocenters. The first-order valence-electron chi connectivity index (χ1n) is 16.0. The van der Waals surface area contributed by atoms with Gasteiger partial charge in [0.1, 0.15) is 5.82 Å². The lowest BCUT2D eigenvalue weighted by Crippen LogP contribution is -2.00. The second-order valence-corrected chi connectivity index (χ2v) is 11.9. The highest BCUT2D eigenvalue weighted by molar-refractivity contribution is 5.98. The van der Waals surface area contributed by atoms with Crippen molar-refractivity contribution < 1.29 is 0 Å². The van der Waals surface area contributed by atoms with Crippen LogP contribution in [0.15, 0.2) is 152 Å². The Labute approximate surface area is 279 Å². The number of fused-ring (bicyclic) bond motifs is 1. The van der Waals surface area contributed by atoms with Gasteiger partial charge in [0.15, 0.2) is 17.5 Å². The second kappa shape index (κ2) is 12.5. The second-order valence-electron chi connectivity index (χ2n) is 11.9. The number of benzene rings is 6. The molecule has 0 saturated heterocycles. The third-order valence-electron chi connectivity index (χ3n) is 8.45. The van der Waals surface area contributed by atoms with Crippen molar-refractivity contribution in [3.8, 4) is 67.7 Å². The number of nitrogens with zero attached hydrogens (tertiary/aromatic N) is 5. The molecular weight excluding hydrogens is 587 g/mol. The van der Waals surface area contributed by atoms with Crippen LogP contribution in [0.5, 0.6) is 0 Å². The molecule has 6 aromatic carbocycles. The predicted octanol–water partition coefficient (Wildman–Crippen LogP) is 10.4. The number of rotatable bonds is 6. The van der Waals surface area contributed by atoms with Gasteiger partial charge in [0.2, 0.25) is 0 Å². The largest absolute Gasteiger partial charge is 0.239 e. The van der Waals surface area contributed by atoms with Gasteiger partial charge in [0, 0.05) is 27.9 Å². The molecule has 8 rings (SSSR count). The highest BCUT2D eigenvalue weighted by Crippen LogP contribution is 2.37. The van der Waals surface area contributed by atoms with Gasteiger partial charge in [-0.1, -0.05) is 121 Å². The summed E-state index contributed by atoms with van der Waals surface area (Å²) in [6.45, 7) is 3.94. The lowest BCUT2D eigenvalue weighted by atomic mass is 9.92. The minimum absolute atomic E-state index is 0.615. The molecule has 2 aromatic heterocycles. The fourth-order valence-electron chi connectivity index (χ4n) is 6.22. The number of hydrogen-bond acceptors (Lipinski definition) is 5. The van der Waals surface area contributed by atoms with Crippen LogP contribution in [0, 0.1) is 13.8 Å². The Kier molecular flexibility index (Phi) is 7.55. The first-order chi connectivity index (χ1) is 23.6. The molecule has 48 heavy (non-hydrogen) atoms. The lowest BCUT2D eigenvalue weighted by Gasteiger charge is -2.14. The van der Waals surface area contributed by atoms with Crippen LogP contribution in [0.3, 0.4) is 0 Å². The van der Waals surface area contributed by atoms with E-state index in [0.29, 0.717) is 17.5 Å². The summed E-state index contributed by atoms with van der Waals surface area (Å²) in [6.07, 6.45) is 0. The van der Waals surface area contributed by atoms with E-state index < -0.39 is 0 Å². The van der Waals surface area contributed by atoms with Crippen molar-refractivity contribution in [1.29, 1.82) is 0 Å². The lowest BCUT2D eigenvalue weighted by molar-refractivity contribution is 1.02. The van der Waals surface area contributed by atoms with Crippen molar-refractivity contribution in [2.45, 2.75) is 13.8 Å². The van der Waals surface area contributed by atoms with E-state index in [1.807, 2.05) is 80.6 Å². The van der Waals surface area contributed by atoms with Crippen LogP contribution in [0.2, 0.25) is 0 Å². The van der Waals surface area contributed by atoms with E-state index in [2.05, 4.69) is 89.9 Å². The summed E-state index contributed by atoms with van der Waals surface area (Å²) < 4.78 is 0. The third kappa shape index (κ3) is 5.85. The topological polar surface area (TPSA) is 64.5 Å². The van der Waals surface area contributed by atoms with Crippen molar-refractivity contribution in [1.82, 2.24) is 24.9 Å². The van der Waals surface area contributed by atoms with Gasteiger partial charge in [0.05, 0.1) is 5.69 Å². The van der Waals surface area contributed by atoms with E-state index in [9.17, 15) is 0 Å². The van der Waals surface area contributed by atoms with Crippen LogP contribution in [-0.2, 0) is 0 Å². The monoisotopic (exact) mass is 617 g/mol. The van der Waals surface area contributed by atoms with Gasteiger partial charge in [0.25, 0.3) is 0 Å². The Bertz CT molecular complexity index is 2340. The first kappa shape index (κ1) is 29.1. The molecule has 0 aliphatic heterocycles. The average Bonchev–Trinajstić information content (AvgIpc) is 3.14. The average molecular weight is 618 g/mol. The van der Waals surface area contributed by atoms with Gasteiger partial charge >= 0.3 is 0 Å². The zero-order chi connectivity index (χ0) is 32.5. The maximum Gasteiger partial charge on any atom is 0.164 e. The fourth-order valence-corrected chi connectivity index (χ4v) is 6.22. The number of hydrogen-bond donors (Lipinski definition) is 0. The van der Waals surface area contributed by atoms with E-state index >= 15 is 0 Å². The summed E-state index contributed by atoms with van der Waals surface area (Å²) >= 11 is 0. The zero-order valence-electron chi connectivity index (χ0n) is 26.7. The smallest absolute Gasteiger partial charge is 0.164 e. The van der Waals surface area contributed by atoms with Crippen LogP contribution in [0.1, 0.15) is 11.5 Å². The van der Waals surface area contributed by atoms with Crippen LogP contribution >= 0.6 is 0 Å². The van der Waals surface area contributed by atoms with E-state index in [-0.39, 0.29) is 0 Å². The van der Waals surface area contributed by atoms with Crippen molar-refractivity contribution >= 4 is 10.8 Å². The van der Waals surface area contributed by atoms with E-state index in [0.717, 1.165) is 61.7 Å². The Balaban J connectivity index is 1.36. The normalized spacial score (nSPS) is 11.1. The molecule has 228 valence electrons. The Morgan fingerprint density at radius 3 is 1.58 bits per heavy atom. The fraction of sp³-hybridized carbons (Fsp3) is 0.0465. The summed E-state index contributed by atoms with van der Waals surface area (Å²) in [7, 11) is 0. The molecule has 0 saturated carbocycles. The molecule has 0 radical (unpaired) electrons. The Morgan fingerprint density at radius 1 is 0.354 bits per heavy atom. The van der Waals surface area contributed by atoms with Crippen LogP contribution in [0.4, 0.5) is 0 Å². The summed E-state index contributed by atoms with van der Waals surface area (Å²) in [5.74, 6) is 2.64. The standard InChI is InChI=1S/C43H31N5/c1-28-23-40(45-29(2)44-28)34-20-11-19-33(24-34)35-25-36(39-22-12-18-30-13-9-10-21-38(30)39)27-37(26-35)43-47-41(31-14-5-3-6-15-31)46-42(48-43)32-16-7-4-8-17-32/h3-27H,1-2H3. The van der Waals surface area contributed by atoms with Crippen molar-refractivity contribution in [3.63, 3.8) is 0 Å². The molecule has 0 amide bonds. The van der Waals surface area contributed by atoms with Crippen LogP contribution in [-0.4, -0.2) is 24.9 Å². The molecule has 2 heterocycles. The Hall–Kier alpha value is -6.33. The SMILES string of the molecule is Cc1cc(-c2cccc(-c3cc(-c4nc(-c5ccccc5)nc(-c5ccccc5)n4)cc(-c4cccc5ccccc45)c3)c2)nc(C)n1. The van der Waals surface area contributed by atoms with Gasteiger partial charge in [-0.3, -0.25) is 0 Å². The molecular formula is C43H31N5. The zero-order valence-corrected chi connectivity index (χ0v) is 26.7. The highest BCUT2D eigenvalue weighted by atomic mass is 15.0. The van der Waals surface area contributed by atoms with E-state index in [4.69, 9.17) is 19.9 Å². The van der Waals surface area contributed by atoms with E-state index in [1.54, 1.807) is 0 Å². The maximum absolute atomic E-state index is 5.08. The van der Waals surface area contributed by atoms with Crippen molar-refractivity contribution in [2.75, 3.05) is 0 Å². The summed E-state index contributed by atoms with van der Waals surface area (Å²) in [4.78, 5) is 24.3. The molecule has 0 aliphatic carbocycles. The number of aromatic nitrogens is 5. The minimum Gasteiger partial charge on any atom is -0.239 e. The van der Waals surface area contributed by atoms with Crippen LogP contribution < -0.4 is 0 Å². The van der Waals surface area contributed by atoms with Gasteiger partial charge in [-0.05, 0) is 77.2 Å². The first-order valence-corrected chi connectivity index (χ1v) is 16.0. The molecule has 8 aromatic rings.